The van der Waals surface area contributed by atoms with Crippen molar-refractivity contribution in [2.45, 2.75) is 262 Å². The van der Waals surface area contributed by atoms with Gasteiger partial charge < -0.3 is 22.8 Å². The van der Waals surface area contributed by atoms with Gasteiger partial charge in [0.1, 0.15) is 11.6 Å². The van der Waals surface area contributed by atoms with Crippen LogP contribution in [0.5, 0.6) is 0 Å². The number of hydrogen-bond acceptors (Lipinski definition) is 1. The number of nitrogens with zero attached hydrogens (tertiary/aromatic N) is 6. The number of benzene rings is 11. The second-order valence-electron chi connectivity index (χ2n) is 34.8. The highest BCUT2D eigenvalue weighted by atomic mass is 15.2. The normalized spacial score (nSPS) is 15.1. The van der Waals surface area contributed by atoms with E-state index >= 15 is 0 Å². The summed E-state index contributed by atoms with van der Waals surface area (Å²) in [6.07, 6.45) is 10.1. The highest BCUT2D eigenvalue weighted by Crippen LogP contribution is 2.54. The Kier molecular flexibility index (Phi) is 20.9. The summed E-state index contributed by atoms with van der Waals surface area (Å²) in [5.74, 6) is 3.19. The minimum absolute atomic E-state index is 0.319. The molecule has 0 N–H and O–H groups in total. The third kappa shape index (κ3) is 12.4. The van der Waals surface area contributed by atoms with Gasteiger partial charge in [-0.15, -0.1) is 0 Å². The first-order valence-electron chi connectivity index (χ1n) is 43.8. The Morgan fingerprint density at radius 1 is 0.195 bits per heavy atom. The van der Waals surface area contributed by atoms with E-state index in [2.05, 4.69) is 349 Å². The molecule has 6 heteroatoms. The minimum atomic E-state index is 0.319. The highest BCUT2D eigenvalue weighted by Gasteiger charge is 2.38. The van der Waals surface area contributed by atoms with Crippen molar-refractivity contribution in [3.63, 3.8) is 0 Å². The van der Waals surface area contributed by atoms with Crippen molar-refractivity contribution in [2.75, 3.05) is 0 Å². The maximum absolute atomic E-state index is 14.2. The fourth-order valence-electron chi connectivity index (χ4n) is 18.8. The molecular formula is C107H120N6. The SMILES string of the molecule is CCC(C)c1ccc2c(c1)c1cc(C(C)CC)ccc1n2-c1c(C#N)c(-n2c3ccc(C(C)CC)cc3c3cc(C(C)CC)ccc32)c(-n2c3ccc(C(C)CC)cc3c3cc(C(C)CC)ccc32)c(-n2c3ccc(C(C)CC)cc3c3cc(C(C)CC)ccc32)c1-n1c2ccc(C(C)CC)cc2c2cc(C(C)CC)ccc21. The summed E-state index contributed by atoms with van der Waals surface area (Å²) in [4.78, 5) is 0. The number of aromatic nitrogens is 5. The Morgan fingerprint density at radius 2 is 0.310 bits per heavy atom. The first-order chi connectivity index (χ1) is 54.7. The monoisotopic (exact) mass is 1490 g/mol. The molecule has 0 fully saturated rings. The van der Waals surface area contributed by atoms with E-state index in [0.29, 0.717) is 64.7 Å². The lowest BCUT2D eigenvalue weighted by molar-refractivity contribution is 0.734. The van der Waals surface area contributed by atoms with Gasteiger partial charge in [0.25, 0.3) is 0 Å². The van der Waals surface area contributed by atoms with Crippen LogP contribution in [0.15, 0.2) is 182 Å². The van der Waals surface area contributed by atoms with Gasteiger partial charge in [-0.25, -0.2) is 0 Å². The Labute approximate surface area is 672 Å². The zero-order valence-corrected chi connectivity index (χ0v) is 71.3. The first kappa shape index (κ1) is 76.9. The molecule has 0 amide bonds. The summed E-state index contributed by atoms with van der Waals surface area (Å²) < 4.78 is 13.3. The van der Waals surface area contributed by atoms with Crippen LogP contribution >= 0.6 is 0 Å². The second kappa shape index (κ2) is 30.7. The largest absolute Gasteiger partial charge is 0.306 e. The van der Waals surface area contributed by atoms with Crippen molar-refractivity contribution in [3.05, 3.63) is 243 Å². The molecule has 10 unspecified atom stereocenters. The molecule has 0 aliphatic rings. The summed E-state index contributed by atoms with van der Waals surface area (Å²) in [5.41, 5.74) is 29.3. The molecule has 0 saturated heterocycles. The lowest BCUT2D eigenvalue weighted by Crippen LogP contribution is -2.19. The van der Waals surface area contributed by atoms with Gasteiger partial charge in [-0.3, -0.25) is 0 Å². The van der Waals surface area contributed by atoms with Crippen molar-refractivity contribution < 1.29 is 0 Å². The van der Waals surface area contributed by atoms with E-state index in [-0.39, 0.29) is 0 Å². The van der Waals surface area contributed by atoms with Crippen LogP contribution in [0.4, 0.5) is 0 Å². The van der Waals surface area contributed by atoms with Gasteiger partial charge in [-0.2, -0.15) is 5.26 Å². The second-order valence-corrected chi connectivity index (χ2v) is 34.8. The molecule has 0 spiro atoms. The van der Waals surface area contributed by atoms with Crippen molar-refractivity contribution >= 4 is 109 Å². The number of nitriles is 1. The molecule has 6 nitrogen and oxygen atoms in total. The predicted octanol–water partition coefficient (Wildman–Crippen LogP) is 32.2. The maximum Gasteiger partial charge on any atom is 0.105 e. The van der Waals surface area contributed by atoms with E-state index in [1.54, 1.807) is 0 Å². The molecule has 578 valence electrons. The predicted molar refractivity (Wildman–Crippen MR) is 490 cm³/mol. The van der Waals surface area contributed by atoms with Gasteiger partial charge in [0.2, 0.25) is 0 Å². The summed E-state index contributed by atoms with van der Waals surface area (Å²) in [5, 5.41) is 26.2. The van der Waals surface area contributed by atoms with Crippen molar-refractivity contribution in [1.82, 2.24) is 22.8 Å². The summed E-state index contributed by atoms with van der Waals surface area (Å²) >= 11 is 0. The molecule has 0 aliphatic carbocycles. The van der Waals surface area contributed by atoms with Crippen molar-refractivity contribution in [2.24, 2.45) is 0 Å². The van der Waals surface area contributed by atoms with Gasteiger partial charge in [0, 0.05) is 53.9 Å². The zero-order valence-electron chi connectivity index (χ0n) is 71.3. The summed E-state index contributed by atoms with van der Waals surface area (Å²) in [7, 11) is 0. The first-order valence-corrected chi connectivity index (χ1v) is 43.8. The molecular weight excluding hydrogens is 1370 g/mol. The maximum atomic E-state index is 14.2. The lowest BCUT2D eigenvalue weighted by Gasteiger charge is -2.30. The fourth-order valence-corrected chi connectivity index (χ4v) is 18.8. The van der Waals surface area contributed by atoms with E-state index in [9.17, 15) is 5.26 Å². The summed E-state index contributed by atoms with van der Waals surface area (Å²) in [6, 6.07) is 77.5. The molecule has 16 rings (SSSR count). The topological polar surface area (TPSA) is 48.4 Å². The Balaban J connectivity index is 1.30. The van der Waals surface area contributed by atoms with E-state index in [1.165, 1.54) is 109 Å². The highest BCUT2D eigenvalue weighted by molar-refractivity contribution is 6.19. The molecule has 16 aromatic rings. The average molecular weight is 1490 g/mol. The molecule has 10 atom stereocenters. The molecule has 5 heterocycles. The zero-order chi connectivity index (χ0) is 79.4. The van der Waals surface area contributed by atoms with E-state index < -0.39 is 0 Å². The van der Waals surface area contributed by atoms with Crippen LogP contribution < -0.4 is 0 Å². The molecule has 5 aromatic heterocycles. The van der Waals surface area contributed by atoms with Crippen LogP contribution in [0.25, 0.3) is 137 Å². The van der Waals surface area contributed by atoms with E-state index in [1.807, 2.05) is 0 Å². The van der Waals surface area contributed by atoms with Crippen LogP contribution in [0, 0.1) is 11.3 Å². The minimum Gasteiger partial charge on any atom is -0.306 e. The lowest BCUT2D eigenvalue weighted by atomic mass is 9.95. The smallest absolute Gasteiger partial charge is 0.105 e. The van der Waals surface area contributed by atoms with Gasteiger partial charge >= 0.3 is 0 Å². The Hall–Kier alpha value is -10.1. The number of rotatable bonds is 25. The molecule has 113 heavy (non-hydrogen) atoms. The quantitative estimate of drug-likeness (QED) is 0.0562. The van der Waals surface area contributed by atoms with Gasteiger partial charge in [-0.1, -0.05) is 199 Å². The number of fused-ring (bicyclic) bond motifs is 15. The molecule has 0 radical (unpaired) electrons. The van der Waals surface area contributed by atoms with Crippen LogP contribution in [0.1, 0.15) is 323 Å². The van der Waals surface area contributed by atoms with Gasteiger partial charge in [0.15, 0.2) is 0 Å². The third-order valence-corrected chi connectivity index (χ3v) is 28.5. The van der Waals surface area contributed by atoms with E-state index in [4.69, 9.17) is 0 Å². The van der Waals surface area contributed by atoms with Gasteiger partial charge in [-0.05, 0) is 300 Å². The molecule has 0 saturated carbocycles. The summed E-state index contributed by atoms with van der Waals surface area (Å²) in [6.45, 7) is 47.2. The van der Waals surface area contributed by atoms with Crippen LogP contribution in [-0.2, 0) is 0 Å². The molecule has 0 bridgehead atoms. The third-order valence-electron chi connectivity index (χ3n) is 28.5. The Bertz CT molecular complexity index is 5790. The van der Waals surface area contributed by atoms with Crippen molar-refractivity contribution in [1.29, 1.82) is 5.26 Å². The van der Waals surface area contributed by atoms with Crippen molar-refractivity contribution in [3.8, 4) is 34.5 Å². The van der Waals surface area contributed by atoms with Crippen LogP contribution in [-0.4, -0.2) is 22.8 Å². The number of hydrogen-bond donors (Lipinski definition) is 0. The van der Waals surface area contributed by atoms with Crippen LogP contribution in [0.2, 0.25) is 0 Å². The molecule has 11 aromatic carbocycles. The average Bonchev–Trinajstić information content (AvgIpc) is 1.55. The Morgan fingerprint density at radius 3 is 0.425 bits per heavy atom. The molecule has 0 aliphatic heterocycles. The standard InChI is InChI=1S/C107H120N6/c1-21-62(11)72-31-41-93-82(51-72)83-52-73(63(12)22-2)32-42-94(83)109(93)103-92(61-108)104(110-95-43-33-74(64(13)23-3)53-84(95)85-54-75(65(14)24-4)34-44-96(85)110)106(112-99-47-37-78(68(17)27-7)57-88(99)89-58-79(69(18)28-8)38-48-100(89)112)107(113-101-49-39-80(70(19)29-9)59-90(101)91-60-81(71(20)30-10)40-50-102(91)113)105(103)111-97-45-35-76(66(15)25-5)55-86(97)87-56-77(67(16)26-6)36-46-98(87)111/h31-60,62-71H,21-30H2,1-20H3. The van der Waals surface area contributed by atoms with Gasteiger partial charge in [0.05, 0.1) is 83.6 Å². The van der Waals surface area contributed by atoms with Crippen LogP contribution in [0.3, 0.4) is 0 Å². The fraction of sp³-hybridized carbons (Fsp3) is 0.374. The van der Waals surface area contributed by atoms with E-state index in [0.717, 1.165) is 148 Å².